The minimum absolute atomic E-state index is 0.0121. The molecular weight excluding hydrogens is 275 g/mol. The molecule has 1 saturated heterocycles. The molecule has 6 heteroatoms. The largest absolute Gasteiger partial charge is 0.394 e. The van der Waals surface area contributed by atoms with Gasteiger partial charge < -0.3 is 19.7 Å². The summed E-state index contributed by atoms with van der Waals surface area (Å²) in [5, 5.41) is 9.97. The zero-order valence-corrected chi connectivity index (χ0v) is 11.5. The van der Waals surface area contributed by atoms with Crippen molar-refractivity contribution < 1.29 is 19.0 Å². The van der Waals surface area contributed by atoms with Gasteiger partial charge in [0.05, 0.1) is 25.7 Å². The molecule has 1 aromatic heterocycles. The van der Waals surface area contributed by atoms with E-state index in [0.717, 1.165) is 10.9 Å². The number of aromatic amines is 1. The number of amides is 1. The van der Waals surface area contributed by atoms with Crippen LogP contribution >= 0.6 is 0 Å². The average molecular weight is 292 g/mol. The van der Waals surface area contributed by atoms with E-state index in [2.05, 4.69) is 4.98 Å². The molecule has 0 aliphatic carbocycles. The molecule has 1 aliphatic rings. The number of aliphatic hydroxyl groups is 1. The van der Waals surface area contributed by atoms with Gasteiger partial charge in [0.2, 0.25) is 5.91 Å². The first-order chi connectivity index (χ1) is 10.2. The third-order valence-corrected chi connectivity index (χ3v) is 3.77. The predicted octanol–water partition coefficient (Wildman–Crippen LogP) is 1.07. The Bertz CT molecular complexity index is 655. The normalized spacial score (nSPS) is 19.1. The van der Waals surface area contributed by atoms with E-state index in [4.69, 9.17) is 9.84 Å². The summed E-state index contributed by atoms with van der Waals surface area (Å²) in [4.78, 5) is 17.0. The van der Waals surface area contributed by atoms with Crippen molar-refractivity contribution in [1.82, 2.24) is 9.88 Å². The Hall–Kier alpha value is -1.92. The molecule has 5 nitrogen and oxygen atoms in total. The highest BCUT2D eigenvalue weighted by molar-refractivity contribution is 5.89. The second-order valence-electron chi connectivity index (χ2n) is 5.20. The number of morpholine rings is 1. The molecule has 21 heavy (non-hydrogen) atoms. The Morgan fingerprint density at radius 2 is 2.38 bits per heavy atom. The van der Waals surface area contributed by atoms with Gasteiger partial charge in [0.25, 0.3) is 0 Å². The first kappa shape index (κ1) is 14.0. The number of fused-ring (bicyclic) bond motifs is 1. The lowest BCUT2D eigenvalue weighted by atomic mass is 10.1. The number of benzene rings is 1. The van der Waals surface area contributed by atoms with Crippen LogP contribution in [0, 0.1) is 5.82 Å². The lowest BCUT2D eigenvalue weighted by Crippen LogP contribution is -2.47. The smallest absolute Gasteiger partial charge is 0.227 e. The van der Waals surface area contributed by atoms with Crippen LogP contribution in [0.2, 0.25) is 0 Å². The van der Waals surface area contributed by atoms with Crippen molar-refractivity contribution in [2.45, 2.75) is 12.5 Å². The SMILES string of the molecule is O=C(Cc1c[nH]c2cc(F)ccc12)N1CCO[C@@H](CO)C1. The van der Waals surface area contributed by atoms with Crippen LogP contribution in [-0.2, 0) is 16.0 Å². The molecule has 0 radical (unpaired) electrons. The van der Waals surface area contributed by atoms with Crippen LogP contribution in [0.5, 0.6) is 0 Å². The third kappa shape index (κ3) is 2.91. The predicted molar refractivity (Wildman–Crippen MR) is 75.4 cm³/mol. The van der Waals surface area contributed by atoms with Crippen LogP contribution in [0.1, 0.15) is 5.56 Å². The summed E-state index contributed by atoms with van der Waals surface area (Å²) in [7, 11) is 0. The van der Waals surface area contributed by atoms with Crippen molar-refractivity contribution in [3.8, 4) is 0 Å². The first-order valence-corrected chi connectivity index (χ1v) is 6.93. The van der Waals surface area contributed by atoms with E-state index < -0.39 is 0 Å². The van der Waals surface area contributed by atoms with Crippen LogP contribution in [0.25, 0.3) is 10.9 Å². The van der Waals surface area contributed by atoms with Gasteiger partial charge in [0.15, 0.2) is 0 Å². The van der Waals surface area contributed by atoms with E-state index in [1.54, 1.807) is 17.2 Å². The number of nitrogens with one attached hydrogen (secondary N) is 1. The molecule has 1 fully saturated rings. The first-order valence-electron chi connectivity index (χ1n) is 6.93. The highest BCUT2D eigenvalue weighted by Crippen LogP contribution is 2.20. The minimum Gasteiger partial charge on any atom is -0.394 e. The summed E-state index contributed by atoms with van der Waals surface area (Å²) in [6.45, 7) is 1.30. The van der Waals surface area contributed by atoms with Crippen molar-refractivity contribution in [3.63, 3.8) is 0 Å². The number of hydrogen-bond donors (Lipinski definition) is 2. The molecule has 0 unspecified atom stereocenters. The van der Waals surface area contributed by atoms with E-state index >= 15 is 0 Å². The van der Waals surface area contributed by atoms with Crippen LogP contribution in [-0.4, -0.2) is 53.3 Å². The molecule has 2 N–H and O–H groups in total. The number of nitrogens with zero attached hydrogens (tertiary/aromatic N) is 1. The Morgan fingerprint density at radius 3 is 3.19 bits per heavy atom. The number of rotatable bonds is 3. The van der Waals surface area contributed by atoms with Gasteiger partial charge in [0.1, 0.15) is 5.82 Å². The van der Waals surface area contributed by atoms with Crippen molar-refractivity contribution in [2.24, 2.45) is 0 Å². The van der Waals surface area contributed by atoms with Gasteiger partial charge in [-0.2, -0.15) is 0 Å². The summed E-state index contributed by atoms with van der Waals surface area (Å²) >= 11 is 0. The fourth-order valence-corrected chi connectivity index (χ4v) is 2.64. The maximum atomic E-state index is 13.1. The molecular formula is C15H17FN2O3. The second-order valence-corrected chi connectivity index (χ2v) is 5.20. The number of aliphatic hydroxyl groups excluding tert-OH is 1. The Balaban J connectivity index is 1.74. The van der Waals surface area contributed by atoms with Gasteiger partial charge in [0, 0.05) is 30.2 Å². The van der Waals surface area contributed by atoms with Gasteiger partial charge in [-0.3, -0.25) is 4.79 Å². The number of carbonyl (C=O) groups excluding carboxylic acids is 1. The minimum atomic E-state index is -0.306. The maximum Gasteiger partial charge on any atom is 0.227 e. The summed E-state index contributed by atoms with van der Waals surface area (Å²) in [6, 6.07) is 4.49. The van der Waals surface area contributed by atoms with Crippen LogP contribution < -0.4 is 0 Å². The number of carbonyl (C=O) groups is 1. The molecule has 0 spiro atoms. The van der Waals surface area contributed by atoms with Crippen LogP contribution in [0.4, 0.5) is 4.39 Å². The Labute approximate surface area is 121 Å². The van der Waals surface area contributed by atoms with E-state index in [0.29, 0.717) is 25.2 Å². The Kier molecular flexibility index (Phi) is 3.90. The number of ether oxygens (including phenoxy) is 1. The standard InChI is InChI=1S/C15H17FN2O3/c16-11-1-2-13-10(7-17-14(13)6-11)5-15(20)18-3-4-21-12(8-18)9-19/h1-2,6-7,12,17,19H,3-5,8-9H2/t12-/m1/s1. The third-order valence-electron chi connectivity index (χ3n) is 3.77. The maximum absolute atomic E-state index is 13.1. The highest BCUT2D eigenvalue weighted by atomic mass is 19.1. The van der Waals surface area contributed by atoms with Gasteiger partial charge in [-0.1, -0.05) is 0 Å². The summed E-state index contributed by atoms with van der Waals surface area (Å²) in [5.74, 6) is -0.317. The molecule has 1 atom stereocenters. The van der Waals surface area contributed by atoms with Crippen LogP contribution in [0.3, 0.4) is 0 Å². The number of halogens is 1. The van der Waals surface area contributed by atoms with Crippen LogP contribution in [0.15, 0.2) is 24.4 Å². The van der Waals surface area contributed by atoms with E-state index in [1.165, 1.54) is 12.1 Å². The molecule has 0 saturated carbocycles. The second kappa shape index (κ2) is 5.83. The van der Waals surface area contributed by atoms with Gasteiger partial charge in [-0.05, 0) is 23.8 Å². The number of H-pyrrole nitrogens is 1. The highest BCUT2D eigenvalue weighted by Gasteiger charge is 2.24. The lowest BCUT2D eigenvalue weighted by molar-refractivity contribution is -0.139. The lowest BCUT2D eigenvalue weighted by Gasteiger charge is -2.32. The van der Waals surface area contributed by atoms with E-state index in [-0.39, 0.29) is 30.9 Å². The molecule has 0 bridgehead atoms. The van der Waals surface area contributed by atoms with Crippen molar-refractivity contribution in [1.29, 1.82) is 0 Å². The van der Waals surface area contributed by atoms with Crippen molar-refractivity contribution in [3.05, 3.63) is 35.8 Å². The summed E-state index contributed by atoms with van der Waals surface area (Å²) in [5.41, 5.74) is 1.54. The van der Waals surface area contributed by atoms with Crippen molar-refractivity contribution in [2.75, 3.05) is 26.3 Å². The zero-order chi connectivity index (χ0) is 14.8. The zero-order valence-electron chi connectivity index (χ0n) is 11.5. The van der Waals surface area contributed by atoms with Gasteiger partial charge >= 0.3 is 0 Å². The summed E-state index contributed by atoms with van der Waals surface area (Å²) in [6.07, 6.45) is 1.69. The molecule has 3 rings (SSSR count). The quantitative estimate of drug-likeness (QED) is 0.889. The topological polar surface area (TPSA) is 65.6 Å². The van der Waals surface area contributed by atoms with E-state index in [9.17, 15) is 9.18 Å². The molecule has 112 valence electrons. The average Bonchev–Trinajstić information content (AvgIpc) is 2.89. The molecule has 1 amide bonds. The van der Waals surface area contributed by atoms with Crippen molar-refractivity contribution >= 4 is 16.8 Å². The van der Waals surface area contributed by atoms with Gasteiger partial charge in [-0.15, -0.1) is 0 Å². The number of hydrogen-bond acceptors (Lipinski definition) is 3. The Morgan fingerprint density at radius 1 is 1.52 bits per heavy atom. The summed E-state index contributed by atoms with van der Waals surface area (Å²) < 4.78 is 18.5. The molecule has 1 aromatic carbocycles. The fraction of sp³-hybridized carbons (Fsp3) is 0.400. The fourth-order valence-electron chi connectivity index (χ4n) is 2.64. The van der Waals surface area contributed by atoms with Gasteiger partial charge in [-0.25, -0.2) is 4.39 Å². The van der Waals surface area contributed by atoms with E-state index in [1.807, 2.05) is 0 Å². The monoisotopic (exact) mass is 292 g/mol. The molecule has 2 aromatic rings. The molecule has 2 heterocycles. The molecule has 1 aliphatic heterocycles. The number of aromatic nitrogens is 1.